The van der Waals surface area contributed by atoms with Crippen molar-refractivity contribution >= 4 is 39.1 Å². The quantitative estimate of drug-likeness (QED) is 0.912. The molecule has 92 valence electrons. The van der Waals surface area contributed by atoms with E-state index in [1.807, 2.05) is 5.38 Å². The molecule has 1 aromatic rings. The number of carboxylic acid groups (broad SMARTS) is 1. The number of carboxylic acids is 1. The smallest absolute Gasteiger partial charge is 0.326 e. The summed E-state index contributed by atoms with van der Waals surface area (Å²) in [6.07, 6.45) is 2.29. The highest BCUT2D eigenvalue weighted by molar-refractivity contribution is 9.10. The fourth-order valence-electron chi connectivity index (χ4n) is 2.01. The summed E-state index contributed by atoms with van der Waals surface area (Å²) >= 11 is 4.64. The molecule has 1 aromatic heterocycles. The molecule has 1 aliphatic heterocycles. The third-order valence-corrected chi connectivity index (χ3v) is 4.69. The zero-order valence-electron chi connectivity index (χ0n) is 9.06. The Kier molecular flexibility index (Phi) is 3.83. The first-order valence-electron chi connectivity index (χ1n) is 5.38. The average Bonchev–Trinajstić information content (AvgIpc) is 2.74. The Labute approximate surface area is 111 Å². The molecule has 0 saturated carbocycles. The minimum Gasteiger partial charge on any atom is -0.480 e. The predicted molar refractivity (Wildman–Crippen MR) is 68.3 cm³/mol. The highest BCUT2D eigenvalue weighted by Gasteiger charge is 2.33. The van der Waals surface area contributed by atoms with Crippen LogP contribution in [0.4, 0.5) is 0 Å². The molecule has 0 radical (unpaired) electrons. The van der Waals surface area contributed by atoms with Gasteiger partial charge in [0, 0.05) is 11.0 Å². The fraction of sp³-hybridized carbons (Fsp3) is 0.455. The molecular weight excluding hydrogens is 306 g/mol. The largest absolute Gasteiger partial charge is 0.480 e. The van der Waals surface area contributed by atoms with Crippen LogP contribution in [0.1, 0.15) is 28.9 Å². The Hall–Kier alpha value is -0.880. The maximum absolute atomic E-state index is 12.2. The molecule has 2 rings (SSSR count). The van der Waals surface area contributed by atoms with E-state index in [1.54, 1.807) is 6.07 Å². The standard InChI is InChI=1S/C11H12BrNO3S/c12-7-4-6-17-9(7)10(14)13-5-2-1-3-8(13)11(15)16/h4,6,8H,1-3,5H2,(H,15,16)/t8-/m0/s1. The maximum Gasteiger partial charge on any atom is 0.326 e. The van der Waals surface area contributed by atoms with Crippen LogP contribution < -0.4 is 0 Å². The van der Waals surface area contributed by atoms with Gasteiger partial charge in [-0.1, -0.05) is 0 Å². The number of rotatable bonds is 2. The van der Waals surface area contributed by atoms with E-state index in [9.17, 15) is 9.59 Å². The first-order valence-corrected chi connectivity index (χ1v) is 7.05. The second-order valence-corrected chi connectivity index (χ2v) is 5.72. The number of hydrogen-bond acceptors (Lipinski definition) is 3. The Morgan fingerprint density at radius 1 is 1.47 bits per heavy atom. The van der Waals surface area contributed by atoms with Crippen LogP contribution in [0.15, 0.2) is 15.9 Å². The number of halogens is 1. The lowest BCUT2D eigenvalue weighted by Crippen LogP contribution is -2.47. The van der Waals surface area contributed by atoms with Crippen molar-refractivity contribution < 1.29 is 14.7 Å². The van der Waals surface area contributed by atoms with Crippen molar-refractivity contribution in [1.29, 1.82) is 0 Å². The van der Waals surface area contributed by atoms with Crippen molar-refractivity contribution in [2.45, 2.75) is 25.3 Å². The van der Waals surface area contributed by atoms with Crippen LogP contribution >= 0.6 is 27.3 Å². The van der Waals surface area contributed by atoms with Crippen LogP contribution in [0.5, 0.6) is 0 Å². The van der Waals surface area contributed by atoms with Gasteiger partial charge in [0.2, 0.25) is 0 Å². The molecule has 6 heteroatoms. The summed E-state index contributed by atoms with van der Waals surface area (Å²) in [5, 5.41) is 10.9. The Morgan fingerprint density at radius 3 is 2.82 bits per heavy atom. The van der Waals surface area contributed by atoms with Crippen molar-refractivity contribution in [2.24, 2.45) is 0 Å². The van der Waals surface area contributed by atoms with Crippen molar-refractivity contribution in [3.05, 3.63) is 20.8 Å². The number of likely N-dealkylation sites (tertiary alicyclic amines) is 1. The number of carbonyl (C=O) groups excluding carboxylic acids is 1. The summed E-state index contributed by atoms with van der Waals surface area (Å²) in [4.78, 5) is 25.4. The normalized spacial score (nSPS) is 20.3. The van der Waals surface area contributed by atoms with Crippen molar-refractivity contribution in [1.82, 2.24) is 4.90 Å². The molecule has 1 saturated heterocycles. The topological polar surface area (TPSA) is 57.6 Å². The highest BCUT2D eigenvalue weighted by Crippen LogP contribution is 2.27. The first kappa shape index (κ1) is 12.6. The summed E-state index contributed by atoms with van der Waals surface area (Å²) in [5.74, 6) is -1.09. The van der Waals surface area contributed by atoms with Gasteiger partial charge >= 0.3 is 5.97 Å². The zero-order valence-corrected chi connectivity index (χ0v) is 11.5. The Bertz CT molecular complexity index is 446. The number of carbonyl (C=O) groups is 2. The van der Waals surface area contributed by atoms with Gasteiger partial charge in [-0.2, -0.15) is 0 Å². The average molecular weight is 318 g/mol. The van der Waals surface area contributed by atoms with Crippen LogP contribution in [-0.4, -0.2) is 34.5 Å². The molecule has 17 heavy (non-hydrogen) atoms. The van der Waals surface area contributed by atoms with Crippen molar-refractivity contribution in [3.63, 3.8) is 0 Å². The molecule has 2 heterocycles. The van der Waals surface area contributed by atoms with E-state index >= 15 is 0 Å². The Balaban J connectivity index is 2.23. The summed E-state index contributed by atoms with van der Waals surface area (Å²) in [7, 11) is 0. The van der Waals surface area contributed by atoms with E-state index in [2.05, 4.69) is 15.9 Å². The van der Waals surface area contributed by atoms with Gasteiger partial charge in [-0.05, 0) is 46.6 Å². The fourth-order valence-corrected chi connectivity index (χ4v) is 3.50. The monoisotopic (exact) mass is 317 g/mol. The summed E-state index contributed by atoms with van der Waals surface area (Å²) in [5.41, 5.74) is 0. The Morgan fingerprint density at radius 2 is 2.24 bits per heavy atom. The predicted octanol–water partition coefficient (Wildman–Crippen LogP) is 2.59. The molecule has 1 atom stereocenters. The maximum atomic E-state index is 12.2. The molecule has 0 aromatic carbocycles. The third-order valence-electron chi connectivity index (χ3n) is 2.86. The minimum atomic E-state index is -0.911. The molecule has 0 spiro atoms. The van der Waals surface area contributed by atoms with Gasteiger partial charge in [-0.15, -0.1) is 11.3 Å². The highest BCUT2D eigenvalue weighted by atomic mass is 79.9. The lowest BCUT2D eigenvalue weighted by atomic mass is 10.0. The third kappa shape index (κ3) is 2.52. The molecule has 0 aliphatic carbocycles. The lowest BCUT2D eigenvalue weighted by molar-refractivity contribution is -0.143. The van der Waals surface area contributed by atoms with E-state index in [1.165, 1.54) is 16.2 Å². The minimum absolute atomic E-state index is 0.182. The SMILES string of the molecule is O=C(O)[C@@H]1CCCCN1C(=O)c1sccc1Br. The summed E-state index contributed by atoms with van der Waals surface area (Å²) in [6.45, 7) is 0.528. The summed E-state index contributed by atoms with van der Waals surface area (Å²) in [6, 6.07) is 1.13. The van der Waals surface area contributed by atoms with E-state index in [4.69, 9.17) is 5.11 Å². The second-order valence-electron chi connectivity index (χ2n) is 3.95. The molecule has 1 N–H and O–H groups in total. The molecular formula is C11H12BrNO3S. The van der Waals surface area contributed by atoms with Gasteiger partial charge in [0.05, 0.1) is 0 Å². The van der Waals surface area contributed by atoms with E-state index in [0.29, 0.717) is 17.8 Å². The number of nitrogens with zero attached hydrogens (tertiary/aromatic N) is 1. The number of amides is 1. The van der Waals surface area contributed by atoms with Gasteiger partial charge < -0.3 is 10.0 Å². The molecule has 0 unspecified atom stereocenters. The first-order chi connectivity index (χ1) is 8.11. The van der Waals surface area contributed by atoms with Crippen LogP contribution in [0.3, 0.4) is 0 Å². The lowest BCUT2D eigenvalue weighted by Gasteiger charge is -2.32. The summed E-state index contributed by atoms with van der Waals surface area (Å²) < 4.78 is 0.738. The van der Waals surface area contributed by atoms with Gasteiger partial charge in [0.25, 0.3) is 5.91 Å². The molecule has 1 amide bonds. The van der Waals surface area contributed by atoms with E-state index in [-0.39, 0.29) is 5.91 Å². The number of aliphatic carboxylic acids is 1. The van der Waals surface area contributed by atoms with Gasteiger partial charge in [-0.25, -0.2) is 4.79 Å². The molecule has 1 fully saturated rings. The number of thiophene rings is 1. The van der Waals surface area contributed by atoms with Crippen LogP contribution in [0.25, 0.3) is 0 Å². The van der Waals surface area contributed by atoms with Gasteiger partial charge in [0.1, 0.15) is 10.9 Å². The van der Waals surface area contributed by atoms with Gasteiger partial charge in [0.15, 0.2) is 0 Å². The van der Waals surface area contributed by atoms with E-state index in [0.717, 1.165) is 17.3 Å². The van der Waals surface area contributed by atoms with Crippen LogP contribution in [0, 0.1) is 0 Å². The van der Waals surface area contributed by atoms with E-state index < -0.39 is 12.0 Å². The van der Waals surface area contributed by atoms with Gasteiger partial charge in [-0.3, -0.25) is 4.79 Å². The van der Waals surface area contributed by atoms with Crippen LogP contribution in [0.2, 0.25) is 0 Å². The molecule has 0 bridgehead atoms. The molecule has 4 nitrogen and oxygen atoms in total. The van der Waals surface area contributed by atoms with Crippen molar-refractivity contribution in [2.75, 3.05) is 6.54 Å². The number of piperidine rings is 1. The number of hydrogen-bond donors (Lipinski definition) is 1. The zero-order chi connectivity index (χ0) is 12.4. The second kappa shape index (κ2) is 5.18. The molecule has 1 aliphatic rings. The van der Waals surface area contributed by atoms with Crippen LogP contribution in [-0.2, 0) is 4.79 Å². The van der Waals surface area contributed by atoms with Crippen molar-refractivity contribution in [3.8, 4) is 0 Å².